The van der Waals surface area contributed by atoms with Gasteiger partial charge in [0, 0.05) is 12.1 Å². The van der Waals surface area contributed by atoms with Crippen molar-refractivity contribution in [3.63, 3.8) is 0 Å². The van der Waals surface area contributed by atoms with Gasteiger partial charge in [-0.15, -0.1) is 0 Å². The summed E-state index contributed by atoms with van der Waals surface area (Å²) in [6.07, 6.45) is 0.198. The van der Waals surface area contributed by atoms with Crippen LogP contribution in [-0.2, 0) is 11.3 Å². The predicted molar refractivity (Wildman–Crippen MR) is 65.7 cm³/mol. The van der Waals surface area contributed by atoms with Gasteiger partial charge in [-0.2, -0.15) is 0 Å². The minimum absolute atomic E-state index is 0.198. The molecule has 0 unspecified atom stereocenters. The molecule has 0 saturated carbocycles. The number of hydrogen-bond donors (Lipinski definition) is 1. The molecule has 96 valence electrons. The summed E-state index contributed by atoms with van der Waals surface area (Å²) in [5.41, 5.74) is 0.817. The Kier molecular flexibility index (Phi) is 5.94. The molecule has 0 saturated heterocycles. The lowest BCUT2D eigenvalue weighted by Gasteiger charge is -2.12. The number of halogens is 1. The molecule has 0 aromatic heterocycles. The minimum atomic E-state index is -0.249. The lowest BCUT2D eigenvalue weighted by molar-refractivity contribution is 0.0550. The fraction of sp³-hybridized carbons (Fsp3) is 0.538. The lowest BCUT2D eigenvalue weighted by Crippen LogP contribution is -2.13. The third kappa shape index (κ3) is 5.15. The maximum atomic E-state index is 13.1. The molecule has 0 spiro atoms. The summed E-state index contributed by atoms with van der Waals surface area (Å²) < 4.78 is 24.0. The molecule has 4 heteroatoms. The Morgan fingerprint density at radius 1 is 1.29 bits per heavy atom. The highest BCUT2D eigenvalue weighted by Gasteiger charge is 2.05. The number of benzene rings is 1. The highest BCUT2D eigenvalue weighted by molar-refractivity contribution is 5.33. The van der Waals surface area contributed by atoms with Crippen molar-refractivity contribution < 1.29 is 13.9 Å². The summed E-state index contributed by atoms with van der Waals surface area (Å²) in [5, 5.41) is 2.98. The van der Waals surface area contributed by atoms with Crippen LogP contribution in [0.4, 0.5) is 4.39 Å². The Morgan fingerprint density at radius 2 is 2.06 bits per heavy atom. The summed E-state index contributed by atoms with van der Waals surface area (Å²) in [6, 6.07) is 4.53. The first kappa shape index (κ1) is 13.9. The number of nitrogens with one attached hydrogen (secondary N) is 1. The molecule has 0 bridgehead atoms. The summed E-state index contributed by atoms with van der Waals surface area (Å²) in [5.74, 6) is 0.453. The summed E-state index contributed by atoms with van der Waals surface area (Å²) in [4.78, 5) is 0. The Bertz CT molecular complexity index is 342. The highest BCUT2D eigenvalue weighted by Crippen LogP contribution is 2.19. The molecule has 1 N–H and O–H groups in total. The van der Waals surface area contributed by atoms with Gasteiger partial charge in [-0.05, 0) is 39.1 Å². The third-order valence-electron chi connectivity index (χ3n) is 2.18. The van der Waals surface area contributed by atoms with Crippen molar-refractivity contribution in [1.82, 2.24) is 5.32 Å². The van der Waals surface area contributed by atoms with E-state index in [1.807, 2.05) is 20.9 Å². The first-order valence-corrected chi connectivity index (χ1v) is 5.81. The van der Waals surface area contributed by atoms with Crippen molar-refractivity contribution in [3.8, 4) is 5.75 Å². The number of rotatable bonds is 7. The third-order valence-corrected chi connectivity index (χ3v) is 2.18. The molecule has 0 atom stereocenters. The molecule has 1 rings (SSSR count). The van der Waals surface area contributed by atoms with E-state index in [0.29, 0.717) is 25.5 Å². The fourth-order valence-electron chi connectivity index (χ4n) is 1.45. The molecule has 0 aliphatic carbocycles. The monoisotopic (exact) mass is 241 g/mol. The van der Waals surface area contributed by atoms with Crippen LogP contribution in [0.1, 0.15) is 19.4 Å². The predicted octanol–water partition coefficient (Wildman–Crippen LogP) is 2.35. The van der Waals surface area contributed by atoms with E-state index < -0.39 is 0 Å². The molecule has 0 amide bonds. The average molecular weight is 241 g/mol. The van der Waals surface area contributed by atoms with Crippen molar-refractivity contribution in [1.29, 1.82) is 0 Å². The van der Waals surface area contributed by atoms with E-state index in [9.17, 15) is 4.39 Å². The normalized spacial score (nSPS) is 10.9. The second-order valence-corrected chi connectivity index (χ2v) is 4.05. The Morgan fingerprint density at radius 3 is 2.71 bits per heavy atom. The molecule has 3 nitrogen and oxygen atoms in total. The van der Waals surface area contributed by atoms with Gasteiger partial charge in [0.1, 0.15) is 18.2 Å². The van der Waals surface area contributed by atoms with E-state index in [2.05, 4.69) is 5.32 Å². The SMILES string of the molecule is CNCc1cc(F)ccc1OCCOC(C)C. The van der Waals surface area contributed by atoms with Gasteiger partial charge in [0.25, 0.3) is 0 Å². The first-order chi connectivity index (χ1) is 8.13. The van der Waals surface area contributed by atoms with Crippen LogP contribution in [0.2, 0.25) is 0 Å². The highest BCUT2D eigenvalue weighted by atomic mass is 19.1. The van der Waals surface area contributed by atoms with Crippen LogP contribution >= 0.6 is 0 Å². The van der Waals surface area contributed by atoms with E-state index in [1.165, 1.54) is 12.1 Å². The van der Waals surface area contributed by atoms with Gasteiger partial charge in [-0.3, -0.25) is 0 Å². The van der Waals surface area contributed by atoms with Gasteiger partial charge >= 0.3 is 0 Å². The molecule has 17 heavy (non-hydrogen) atoms. The zero-order chi connectivity index (χ0) is 12.7. The van der Waals surface area contributed by atoms with Crippen LogP contribution < -0.4 is 10.1 Å². The van der Waals surface area contributed by atoms with Gasteiger partial charge in [0.05, 0.1) is 12.7 Å². The van der Waals surface area contributed by atoms with E-state index in [-0.39, 0.29) is 11.9 Å². The van der Waals surface area contributed by atoms with Gasteiger partial charge in [0.2, 0.25) is 0 Å². The van der Waals surface area contributed by atoms with Crippen LogP contribution in [-0.4, -0.2) is 26.4 Å². The van der Waals surface area contributed by atoms with Crippen molar-refractivity contribution in [3.05, 3.63) is 29.6 Å². The molecule has 1 aromatic rings. The van der Waals surface area contributed by atoms with E-state index in [1.54, 1.807) is 6.07 Å². The van der Waals surface area contributed by atoms with Crippen LogP contribution in [0.25, 0.3) is 0 Å². The molecule has 0 aliphatic rings. The summed E-state index contributed by atoms with van der Waals surface area (Å²) in [6.45, 7) is 5.54. The molecule has 1 aromatic carbocycles. The van der Waals surface area contributed by atoms with Gasteiger partial charge < -0.3 is 14.8 Å². The number of hydrogen-bond acceptors (Lipinski definition) is 3. The Hall–Kier alpha value is -1.13. The van der Waals surface area contributed by atoms with Gasteiger partial charge in [0.15, 0.2) is 0 Å². The van der Waals surface area contributed by atoms with Crippen LogP contribution in [0.5, 0.6) is 5.75 Å². The Balaban J connectivity index is 2.51. The molecular weight excluding hydrogens is 221 g/mol. The fourth-order valence-corrected chi connectivity index (χ4v) is 1.45. The minimum Gasteiger partial charge on any atom is -0.491 e. The lowest BCUT2D eigenvalue weighted by atomic mass is 10.2. The standard InChI is InChI=1S/C13H20FNO2/c1-10(2)16-6-7-17-13-5-4-12(14)8-11(13)9-15-3/h4-5,8,10,15H,6-7,9H2,1-3H3. The maximum absolute atomic E-state index is 13.1. The largest absolute Gasteiger partial charge is 0.491 e. The van der Waals surface area contributed by atoms with E-state index in [4.69, 9.17) is 9.47 Å². The quantitative estimate of drug-likeness (QED) is 0.743. The van der Waals surface area contributed by atoms with Gasteiger partial charge in [-0.1, -0.05) is 0 Å². The summed E-state index contributed by atoms with van der Waals surface area (Å²) >= 11 is 0. The summed E-state index contributed by atoms with van der Waals surface area (Å²) in [7, 11) is 1.82. The zero-order valence-corrected chi connectivity index (χ0v) is 10.6. The van der Waals surface area contributed by atoms with Gasteiger partial charge in [-0.25, -0.2) is 4.39 Å². The van der Waals surface area contributed by atoms with Crippen molar-refractivity contribution in [2.24, 2.45) is 0 Å². The van der Waals surface area contributed by atoms with Crippen molar-refractivity contribution in [2.75, 3.05) is 20.3 Å². The number of ether oxygens (including phenoxy) is 2. The second-order valence-electron chi connectivity index (χ2n) is 4.05. The topological polar surface area (TPSA) is 30.5 Å². The zero-order valence-electron chi connectivity index (χ0n) is 10.6. The van der Waals surface area contributed by atoms with Crippen molar-refractivity contribution in [2.45, 2.75) is 26.5 Å². The molecule has 0 aliphatic heterocycles. The van der Waals surface area contributed by atoms with E-state index in [0.717, 1.165) is 5.56 Å². The van der Waals surface area contributed by atoms with E-state index >= 15 is 0 Å². The maximum Gasteiger partial charge on any atom is 0.124 e. The average Bonchev–Trinajstić information content (AvgIpc) is 2.27. The molecule has 0 fully saturated rings. The van der Waals surface area contributed by atoms with Crippen LogP contribution in [0.3, 0.4) is 0 Å². The molecule has 0 heterocycles. The molecular formula is C13H20FNO2. The molecule has 0 radical (unpaired) electrons. The van der Waals surface area contributed by atoms with Crippen molar-refractivity contribution >= 4 is 0 Å². The van der Waals surface area contributed by atoms with Crippen LogP contribution in [0.15, 0.2) is 18.2 Å². The van der Waals surface area contributed by atoms with Crippen LogP contribution in [0, 0.1) is 5.82 Å². The Labute approximate surface area is 102 Å². The second kappa shape index (κ2) is 7.25. The smallest absolute Gasteiger partial charge is 0.124 e. The first-order valence-electron chi connectivity index (χ1n) is 5.81.